The Labute approximate surface area is 120 Å². The van der Waals surface area contributed by atoms with Crippen LogP contribution < -0.4 is 10.2 Å². The van der Waals surface area contributed by atoms with E-state index in [0.717, 1.165) is 54.7 Å². The Balaban J connectivity index is 1.87. The first kappa shape index (κ1) is 12.6. The predicted octanol–water partition coefficient (Wildman–Crippen LogP) is 1.78. The van der Waals surface area contributed by atoms with Crippen LogP contribution in [0, 0.1) is 3.56 Å². The van der Waals surface area contributed by atoms with E-state index in [1.165, 1.54) is 0 Å². The van der Waals surface area contributed by atoms with E-state index in [9.17, 15) is 4.79 Å². The number of hydrogen-bond acceptors (Lipinski definition) is 6. The van der Waals surface area contributed by atoms with E-state index in [2.05, 4.69) is 15.2 Å². The number of nitrogens with one attached hydrogen (secondary N) is 2. The molecule has 0 bridgehead atoms. The summed E-state index contributed by atoms with van der Waals surface area (Å²) < 4.78 is 7.53. The number of halogens is 1. The van der Waals surface area contributed by atoms with E-state index in [1.54, 1.807) is 11.3 Å². The predicted molar refractivity (Wildman–Crippen MR) is 80.4 cm³/mol. The highest BCUT2D eigenvalue weighted by molar-refractivity contribution is 14.1. The topological polar surface area (TPSA) is 69.1 Å². The molecule has 1 unspecified atom stereocenters. The number of hydrogen-bond donors (Lipinski definition) is 2. The molecular weight excluding hydrogens is 363 g/mol. The zero-order valence-electron chi connectivity index (χ0n) is 9.91. The van der Waals surface area contributed by atoms with Crippen molar-refractivity contribution in [3.63, 3.8) is 0 Å². The van der Waals surface area contributed by atoms with Gasteiger partial charge in [0.05, 0.1) is 14.5 Å². The van der Waals surface area contributed by atoms with Crippen molar-refractivity contribution in [3.8, 4) is 0 Å². The number of anilines is 1. The van der Waals surface area contributed by atoms with Crippen molar-refractivity contribution >= 4 is 43.3 Å². The quantitative estimate of drug-likeness (QED) is 0.608. The molecule has 1 aliphatic heterocycles. The molecule has 0 spiro atoms. The third-order valence-electron chi connectivity index (χ3n) is 3.35. The number of alkyl halides is 1. The molecule has 2 aliphatic rings. The fraction of sp³-hybridized carbons (Fsp3) is 0.636. The average Bonchev–Trinajstić information content (AvgIpc) is 2.85. The van der Waals surface area contributed by atoms with Crippen molar-refractivity contribution in [2.24, 2.45) is 0 Å². The second-order valence-electron chi connectivity index (χ2n) is 4.49. The zero-order valence-corrected chi connectivity index (χ0v) is 12.9. The number of carbonyl (C=O) groups excluding carboxylic acids is 1. The van der Waals surface area contributed by atoms with Gasteiger partial charge in [-0.2, -0.15) is 0 Å². The van der Waals surface area contributed by atoms with Crippen LogP contribution in [-0.4, -0.2) is 40.9 Å². The Bertz CT molecular complexity index is 483. The molecule has 0 aromatic carbocycles. The number of nitrogens with zero attached hydrogens (tertiary/aromatic N) is 2. The molecule has 1 aliphatic carbocycles. The van der Waals surface area contributed by atoms with Crippen molar-refractivity contribution in [1.82, 2.24) is 10.3 Å². The molecule has 3 rings (SSSR count). The van der Waals surface area contributed by atoms with E-state index in [0.29, 0.717) is 0 Å². The summed E-state index contributed by atoms with van der Waals surface area (Å²) in [4.78, 5) is 19.9. The maximum absolute atomic E-state index is 12.2. The molecule has 1 aromatic heterocycles. The summed E-state index contributed by atoms with van der Waals surface area (Å²) in [6.45, 7) is 3.91. The molecule has 18 heavy (non-hydrogen) atoms. The maximum atomic E-state index is 12.2. The van der Waals surface area contributed by atoms with Gasteiger partial charge in [0, 0.05) is 26.2 Å². The van der Waals surface area contributed by atoms with Crippen LogP contribution in [0.15, 0.2) is 0 Å². The van der Waals surface area contributed by atoms with Crippen LogP contribution in [-0.2, 0) is 6.42 Å². The summed E-state index contributed by atoms with van der Waals surface area (Å²) >= 11 is 0.810. The van der Waals surface area contributed by atoms with Crippen molar-refractivity contribution in [2.45, 2.75) is 16.8 Å². The summed E-state index contributed by atoms with van der Waals surface area (Å²) in [5, 5.41) is 4.32. The minimum absolute atomic E-state index is 0.00706. The Morgan fingerprint density at radius 3 is 2.94 bits per heavy atom. The van der Waals surface area contributed by atoms with Gasteiger partial charge < -0.3 is 10.2 Å². The van der Waals surface area contributed by atoms with Crippen LogP contribution in [0.5, 0.6) is 0 Å². The molecular formula is C11H15IN4OS. The summed E-state index contributed by atoms with van der Waals surface area (Å²) in [6, 6.07) is 0. The van der Waals surface area contributed by atoms with Crippen molar-refractivity contribution in [1.29, 1.82) is 3.56 Å². The van der Waals surface area contributed by atoms with Crippen LogP contribution in [0.25, 0.3) is 0 Å². The summed E-state index contributed by atoms with van der Waals surface area (Å²) in [7, 11) is 0. The minimum Gasteiger partial charge on any atom is -0.346 e. The number of thiazole rings is 1. The van der Waals surface area contributed by atoms with Crippen LogP contribution in [0.1, 0.15) is 21.8 Å². The van der Waals surface area contributed by atoms with Crippen LogP contribution in [0.4, 0.5) is 5.13 Å². The van der Waals surface area contributed by atoms with Crippen molar-refractivity contribution in [2.75, 3.05) is 31.1 Å². The number of aryl methyl sites for hydroxylation is 1. The average molecular weight is 378 g/mol. The third-order valence-corrected chi connectivity index (χ3v) is 6.46. The smallest absolute Gasteiger partial charge is 0.188 e. The molecule has 2 heterocycles. The standard InChI is InChI=1S/C11H15IN4OS/c13-12-7-1-2-8-10(9(7)17)18-11(15-8)16-5-3-14-4-6-16/h7,13-14H,1-6H2. The van der Waals surface area contributed by atoms with Gasteiger partial charge in [0.1, 0.15) is 0 Å². The Morgan fingerprint density at radius 1 is 1.44 bits per heavy atom. The lowest BCUT2D eigenvalue weighted by Crippen LogP contribution is -2.43. The second-order valence-corrected chi connectivity index (χ2v) is 7.59. The minimum atomic E-state index is -0.730. The highest BCUT2D eigenvalue weighted by Gasteiger charge is 2.31. The number of carbonyl (C=O) groups is 1. The first-order valence-electron chi connectivity index (χ1n) is 6.08. The third kappa shape index (κ3) is 2.23. The highest BCUT2D eigenvalue weighted by atomic mass is 127. The van der Waals surface area contributed by atoms with Crippen molar-refractivity contribution < 1.29 is 4.79 Å². The van der Waals surface area contributed by atoms with Gasteiger partial charge in [0.15, 0.2) is 10.9 Å². The SMILES string of the molecule is N=IC1CCc2nc(N3CCNCC3)sc2C1=O. The van der Waals surface area contributed by atoms with E-state index in [-0.39, 0.29) is 9.71 Å². The molecule has 0 radical (unpaired) electrons. The lowest BCUT2D eigenvalue weighted by atomic mass is 10.0. The molecule has 1 aromatic rings. The molecule has 7 heteroatoms. The van der Waals surface area contributed by atoms with E-state index < -0.39 is 21.0 Å². The summed E-state index contributed by atoms with van der Waals surface area (Å²) in [6.07, 6.45) is 1.72. The summed E-state index contributed by atoms with van der Waals surface area (Å²) in [5.74, 6) is 0.193. The highest BCUT2D eigenvalue weighted by Crippen LogP contribution is 2.35. The first-order chi connectivity index (χ1) is 8.79. The van der Waals surface area contributed by atoms with Crippen LogP contribution >= 0.6 is 32.4 Å². The van der Waals surface area contributed by atoms with Gasteiger partial charge in [-0.25, -0.2) is 4.98 Å². The van der Waals surface area contributed by atoms with Gasteiger partial charge in [0.2, 0.25) is 0 Å². The zero-order chi connectivity index (χ0) is 12.5. The lowest BCUT2D eigenvalue weighted by Gasteiger charge is -2.26. The van der Waals surface area contributed by atoms with E-state index >= 15 is 0 Å². The number of aromatic nitrogens is 1. The number of piperazine rings is 1. The number of Topliss-reactive ketones (excluding diaryl/α,β-unsaturated/α-hetero) is 1. The van der Waals surface area contributed by atoms with Crippen LogP contribution in [0.2, 0.25) is 0 Å². The number of fused-ring (bicyclic) bond motifs is 1. The number of ketones is 1. The lowest BCUT2D eigenvalue weighted by molar-refractivity contribution is 0.0988. The number of rotatable bonds is 2. The fourth-order valence-corrected chi connectivity index (χ4v) is 4.92. The Morgan fingerprint density at radius 2 is 2.22 bits per heavy atom. The molecule has 98 valence electrons. The molecule has 1 atom stereocenters. The largest absolute Gasteiger partial charge is 0.346 e. The molecule has 0 saturated carbocycles. The molecule has 1 fully saturated rings. The van der Waals surface area contributed by atoms with E-state index in [1.807, 2.05) is 0 Å². The van der Waals surface area contributed by atoms with Gasteiger partial charge in [-0.1, -0.05) is 11.3 Å². The molecule has 0 amide bonds. The van der Waals surface area contributed by atoms with Crippen molar-refractivity contribution in [3.05, 3.63) is 10.6 Å². The van der Waals surface area contributed by atoms with Gasteiger partial charge in [-0.05, 0) is 33.9 Å². The van der Waals surface area contributed by atoms with Gasteiger partial charge in [-0.3, -0.25) is 8.36 Å². The van der Waals surface area contributed by atoms with Gasteiger partial charge in [0.25, 0.3) is 0 Å². The molecule has 5 nitrogen and oxygen atoms in total. The maximum Gasteiger partial charge on any atom is 0.188 e. The molecule has 2 N–H and O–H groups in total. The summed E-state index contributed by atoms with van der Waals surface area (Å²) in [5.41, 5.74) is 0.979. The Kier molecular flexibility index (Phi) is 3.71. The second kappa shape index (κ2) is 5.30. The van der Waals surface area contributed by atoms with E-state index in [4.69, 9.17) is 3.56 Å². The van der Waals surface area contributed by atoms with Crippen LogP contribution in [0.3, 0.4) is 0 Å². The Hall–Kier alpha value is -0.410. The normalized spacial score (nSPS) is 24.1. The first-order valence-corrected chi connectivity index (χ1v) is 9.22. The van der Waals surface area contributed by atoms with Gasteiger partial charge >= 0.3 is 0 Å². The monoisotopic (exact) mass is 378 g/mol. The molecule has 1 saturated heterocycles. The fourth-order valence-electron chi connectivity index (χ4n) is 2.33. The van der Waals surface area contributed by atoms with Gasteiger partial charge in [-0.15, -0.1) is 0 Å².